The molecule has 31 heavy (non-hydrogen) atoms. The standard InChI is InChI=1S/C25H36BNO4/c1-6-29-21(28)25(12-13-25)17-27-15-14-24(16-27)11-10-18-19(24)8-7-9-20(18)26-30-22(2,3)23(4,5)31-26/h7-9H,6,10-17H2,1-5H3. The van der Waals surface area contributed by atoms with Gasteiger partial charge < -0.3 is 18.9 Å². The molecule has 5 rings (SSSR count). The highest BCUT2D eigenvalue weighted by Gasteiger charge is 2.56. The molecule has 1 aromatic rings. The van der Waals surface area contributed by atoms with Crippen LogP contribution >= 0.6 is 0 Å². The maximum Gasteiger partial charge on any atom is 0.495 e. The highest BCUT2D eigenvalue weighted by Crippen LogP contribution is 2.51. The maximum absolute atomic E-state index is 12.4. The van der Waals surface area contributed by atoms with Gasteiger partial charge in [-0.2, -0.15) is 0 Å². The van der Waals surface area contributed by atoms with Crippen LogP contribution in [0.3, 0.4) is 0 Å². The van der Waals surface area contributed by atoms with Crippen LogP contribution in [0.1, 0.15) is 71.4 Å². The van der Waals surface area contributed by atoms with E-state index in [1.807, 2.05) is 6.92 Å². The number of esters is 1. The number of fused-ring (bicyclic) bond motifs is 2. The van der Waals surface area contributed by atoms with Gasteiger partial charge in [0, 0.05) is 18.5 Å². The van der Waals surface area contributed by atoms with E-state index < -0.39 is 0 Å². The quantitative estimate of drug-likeness (QED) is 0.536. The molecule has 0 aromatic heterocycles. The van der Waals surface area contributed by atoms with Gasteiger partial charge in [-0.25, -0.2) is 0 Å². The van der Waals surface area contributed by atoms with E-state index in [-0.39, 0.29) is 35.1 Å². The summed E-state index contributed by atoms with van der Waals surface area (Å²) in [6, 6.07) is 6.68. The first kappa shape index (κ1) is 21.5. The molecule has 2 saturated heterocycles. The van der Waals surface area contributed by atoms with Crippen molar-refractivity contribution in [1.82, 2.24) is 4.90 Å². The van der Waals surface area contributed by atoms with Gasteiger partial charge in [-0.15, -0.1) is 0 Å². The molecular formula is C25H36BNO4. The first-order valence-electron chi connectivity index (χ1n) is 12.0. The first-order valence-corrected chi connectivity index (χ1v) is 12.0. The summed E-state index contributed by atoms with van der Waals surface area (Å²) in [4.78, 5) is 15.0. The molecule has 0 radical (unpaired) electrons. The summed E-state index contributed by atoms with van der Waals surface area (Å²) in [6.07, 6.45) is 5.34. The number of carbonyl (C=O) groups is 1. The first-order chi connectivity index (χ1) is 14.6. The molecule has 1 unspecified atom stereocenters. The highest BCUT2D eigenvalue weighted by atomic mass is 16.7. The molecule has 1 aromatic carbocycles. The van der Waals surface area contributed by atoms with Gasteiger partial charge in [0.2, 0.25) is 0 Å². The predicted octanol–water partition coefficient (Wildman–Crippen LogP) is 3.22. The minimum Gasteiger partial charge on any atom is -0.466 e. The highest BCUT2D eigenvalue weighted by molar-refractivity contribution is 6.62. The lowest BCUT2D eigenvalue weighted by molar-refractivity contribution is -0.150. The second-order valence-electron chi connectivity index (χ2n) is 11.2. The summed E-state index contributed by atoms with van der Waals surface area (Å²) in [6.45, 7) is 13.8. The second-order valence-corrected chi connectivity index (χ2v) is 11.2. The van der Waals surface area contributed by atoms with E-state index in [1.165, 1.54) is 23.0 Å². The number of likely N-dealkylation sites (tertiary alicyclic amines) is 1. The van der Waals surface area contributed by atoms with Crippen LogP contribution in [0, 0.1) is 5.41 Å². The van der Waals surface area contributed by atoms with Crippen LogP contribution in [0.2, 0.25) is 0 Å². The summed E-state index contributed by atoms with van der Waals surface area (Å²) in [5.74, 6) is 0.00539. The molecule has 6 heteroatoms. The van der Waals surface area contributed by atoms with Gasteiger partial charge in [0.25, 0.3) is 0 Å². The summed E-state index contributed by atoms with van der Waals surface area (Å²) in [7, 11) is -0.300. The Hall–Kier alpha value is -1.37. The number of ether oxygens (including phenoxy) is 1. The van der Waals surface area contributed by atoms with Crippen LogP contribution in [-0.4, -0.2) is 55.4 Å². The lowest BCUT2D eigenvalue weighted by atomic mass is 9.73. The van der Waals surface area contributed by atoms with Gasteiger partial charge in [-0.3, -0.25) is 4.79 Å². The molecule has 4 aliphatic rings. The normalized spacial score (nSPS) is 30.0. The van der Waals surface area contributed by atoms with E-state index in [9.17, 15) is 4.79 Å². The number of benzene rings is 1. The average molecular weight is 425 g/mol. The fraction of sp³-hybridized carbons (Fsp3) is 0.720. The van der Waals surface area contributed by atoms with Gasteiger partial charge in [-0.1, -0.05) is 18.2 Å². The minimum absolute atomic E-state index is 0.00539. The van der Waals surface area contributed by atoms with Crippen molar-refractivity contribution in [3.8, 4) is 0 Å². The molecule has 3 fully saturated rings. The zero-order valence-corrected chi connectivity index (χ0v) is 19.8. The van der Waals surface area contributed by atoms with Crippen molar-refractivity contribution in [3.63, 3.8) is 0 Å². The molecule has 1 saturated carbocycles. The van der Waals surface area contributed by atoms with Crippen molar-refractivity contribution in [2.45, 2.75) is 83.3 Å². The topological polar surface area (TPSA) is 48.0 Å². The summed E-state index contributed by atoms with van der Waals surface area (Å²) in [5, 5.41) is 0. The van der Waals surface area contributed by atoms with Gasteiger partial charge >= 0.3 is 13.1 Å². The van der Waals surface area contributed by atoms with E-state index in [0.717, 1.165) is 45.3 Å². The van der Waals surface area contributed by atoms with E-state index in [1.54, 1.807) is 0 Å². The Morgan fingerprint density at radius 3 is 2.45 bits per heavy atom. The van der Waals surface area contributed by atoms with Crippen molar-refractivity contribution in [2.75, 3.05) is 26.2 Å². The Kier molecular flexibility index (Phi) is 4.90. The maximum atomic E-state index is 12.4. The van der Waals surface area contributed by atoms with Gasteiger partial charge in [-0.05, 0) is 89.9 Å². The number of hydrogen-bond acceptors (Lipinski definition) is 5. The molecule has 2 heterocycles. The van der Waals surface area contributed by atoms with Crippen LogP contribution in [-0.2, 0) is 30.7 Å². The Labute approximate surface area is 186 Å². The Bertz CT molecular complexity index is 878. The predicted molar refractivity (Wildman–Crippen MR) is 122 cm³/mol. The summed E-state index contributed by atoms with van der Waals surface area (Å²) in [5.41, 5.74) is 3.40. The fourth-order valence-electron chi connectivity index (χ4n) is 5.88. The van der Waals surface area contributed by atoms with Crippen molar-refractivity contribution < 1.29 is 18.8 Å². The van der Waals surface area contributed by atoms with Crippen LogP contribution in [0.15, 0.2) is 18.2 Å². The minimum atomic E-state index is -0.327. The van der Waals surface area contributed by atoms with Gasteiger partial charge in [0.05, 0.1) is 23.2 Å². The van der Waals surface area contributed by atoms with E-state index in [2.05, 4.69) is 50.8 Å². The average Bonchev–Trinajstić information content (AvgIpc) is 3.15. The summed E-state index contributed by atoms with van der Waals surface area (Å²) >= 11 is 0. The van der Waals surface area contributed by atoms with E-state index >= 15 is 0 Å². The Morgan fingerprint density at radius 2 is 1.81 bits per heavy atom. The third kappa shape index (κ3) is 3.37. The summed E-state index contributed by atoms with van der Waals surface area (Å²) < 4.78 is 18.1. The molecule has 5 nitrogen and oxygen atoms in total. The zero-order chi connectivity index (χ0) is 22.1. The van der Waals surface area contributed by atoms with Crippen LogP contribution in [0.5, 0.6) is 0 Å². The molecule has 0 bridgehead atoms. The molecule has 1 atom stereocenters. The lowest BCUT2D eigenvalue weighted by Crippen LogP contribution is -2.41. The largest absolute Gasteiger partial charge is 0.495 e. The molecule has 0 amide bonds. The van der Waals surface area contributed by atoms with Crippen molar-refractivity contribution in [2.24, 2.45) is 5.41 Å². The van der Waals surface area contributed by atoms with Gasteiger partial charge in [0.1, 0.15) is 0 Å². The van der Waals surface area contributed by atoms with Crippen molar-refractivity contribution in [3.05, 3.63) is 29.3 Å². The SMILES string of the molecule is CCOC(=O)C1(CN2CCC3(CCc4c(B5OC(C)(C)C(C)(C)O5)cccc43)C2)CC1. The zero-order valence-electron chi connectivity index (χ0n) is 19.8. The molecule has 1 spiro atoms. The Morgan fingerprint density at radius 1 is 1.10 bits per heavy atom. The second kappa shape index (κ2) is 7.07. The molecule has 0 N–H and O–H groups in total. The van der Waals surface area contributed by atoms with E-state index in [0.29, 0.717) is 6.61 Å². The van der Waals surface area contributed by atoms with Crippen molar-refractivity contribution in [1.29, 1.82) is 0 Å². The van der Waals surface area contributed by atoms with E-state index in [4.69, 9.17) is 14.0 Å². The van der Waals surface area contributed by atoms with Crippen molar-refractivity contribution >= 4 is 18.6 Å². The number of rotatable bonds is 5. The van der Waals surface area contributed by atoms with Crippen LogP contribution < -0.4 is 5.46 Å². The lowest BCUT2D eigenvalue weighted by Gasteiger charge is -2.32. The molecule has 2 aliphatic carbocycles. The molecular weight excluding hydrogens is 389 g/mol. The third-order valence-electron chi connectivity index (χ3n) is 8.67. The monoisotopic (exact) mass is 425 g/mol. The molecule has 168 valence electrons. The molecule has 2 aliphatic heterocycles. The van der Waals surface area contributed by atoms with Crippen LogP contribution in [0.4, 0.5) is 0 Å². The number of hydrogen-bond donors (Lipinski definition) is 0. The fourth-order valence-corrected chi connectivity index (χ4v) is 5.88. The number of nitrogens with zero attached hydrogens (tertiary/aromatic N) is 1. The number of carbonyl (C=O) groups excluding carboxylic acids is 1. The Balaban J connectivity index is 1.35. The smallest absolute Gasteiger partial charge is 0.466 e. The van der Waals surface area contributed by atoms with Crippen LogP contribution in [0.25, 0.3) is 0 Å². The van der Waals surface area contributed by atoms with Gasteiger partial charge in [0.15, 0.2) is 0 Å². The third-order valence-corrected chi connectivity index (χ3v) is 8.67.